The summed E-state index contributed by atoms with van der Waals surface area (Å²) in [5, 5.41) is 11.5. The van der Waals surface area contributed by atoms with E-state index < -0.39 is 0 Å². The Hall–Kier alpha value is -2.22. The van der Waals surface area contributed by atoms with E-state index in [1.54, 1.807) is 19.5 Å². The molecule has 0 bridgehead atoms. The van der Waals surface area contributed by atoms with E-state index in [1.807, 2.05) is 36.6 Å². The number of hydrogen-bond donors (Lipinski definition) is 1. The van der Waals surface area contributed by atoms with Crippen LogP contribution in [0.5, 0.6) is 11.5 Å². The average molecular weight is 350 g/mol. The number of amides is 1. The molecule has 1 heterocycles. The van der Waals surface area contributed by atoms with E-state index in [4.69, 9.17) is 9.47 Å². The zero-order chi connectivity index (χ0) is 17.4. The molecule has 0 radical (unpaired) electrons. The lowest BCUT2D eigenvalue weighted by Crippen LogP contribution is -2.29. The second-order valence-corrected chi connectivity index (χ2v) is 6.22. The quantitative estimate of drug-likeness (QED) is 0.551. The minimum atomic E-state index is -0.0625. The lowest BCUT2D eigenvalue weighted by atomic mass is 10.3. The summed E-state index contributed by atoms with van der Waals surface area (Å²) in [4.78, 5) is 11.9. The van der Waals surface area contributed by atoms with Crippen LogP contribution in [0.4, 0.5) is 0 Å². The zero-order valence-corrected chi connectivity index (χ0v) is 14.9. The molecule has 0 saturated carbocycles. The van der Waals surface area contributed by atoms with Crippen molar-refractivity contribution in [1.82, 2.24) is 20.1 Å². The molecule has 1 aromatic heterocycles. The molecule has 7 nitrogen and oxygen atoms in total. The molecule has 1 amide bonds. The van der Waals surface area contributed by atoms with E-state index in [-0.39, 0.29) is 11.9 Å². The number of methoxy groups -OCH3 is 1. The van der Waals surface area contributed by atoms with Gasteiger partial charge in [-0.15, -0.1) is 10.2 Å². The molecular weight excluding hydrogens is 328 g/mol. The molecule has 0 atom stereocenters. The Morgan fingerprint density at radius 1 is 1.38 bits per heavy atom. The highest BCUT2D eigenvalue weighted by Gasteiger charge is 2.10. The standard InChI is InChI=1S/C16H22N4O3S/c1-12(2)20-11-18-19-16(20)24-10-15(21)17-7-8-23-14-6-4-5-13(9-14)22-3/h4-6,9,11-12H,7-8,10H2,1-3H3,(H,17,21). The summed E-state index contributed by atoms with van der Waals surface area (Å²) < 4.78 is 12.6. The fourth-order valence-corrected chi connectivity index (χ4v) is 2.80. The van der Waals surface area contributed by atoms with Gasteiger partial charge < -0.3 is 19.4 Å². The van der Waals surface area contributed by atoms with Crippen molar-refractivity contribution in [1.29, 1.82) is 0 Å². The predicted molar refractivity (Wildman–Crippen MR) is 92.6 cm³/mol. The summed E-state index contributed by atoms with van der Waals surface area (Å²) in [5.41, 5.74) is 0. The summed E-state index contributed by atoms with van der Waals surface area (Å²) in [5.74, 6) is 1.68. The van der Waals surface area contributed by atoms with Gasteiger partial charge in [-0.3, -0.25) is 4.79 Å². The first-order valence-corrected chi connectivity index (χ1v) is 8.64. The number of ether oxygens (including phenoxy) is 2. The van der Waals surface area contributed by atoms with E-state index >= 15 is 0 Å². The zero-order valence-electron chi connectivity index (χ0n) is 14.1. The maximum absolute atomic E-state index is 11.9. The van der Waals surface area contributed by atoms with Gasteiger partial charge in [0.05, 0.1) is 19.4 Å². The molecule has 0 aliphatic carbocycles. The van der Waals surface area contributed by atoms with E-state index in [1.165, 1.54) is 11.8 Å². The number of nitrogens with zero attached hydrogens (tertiary/aromatic N) is 3. The van der Waals surface area contributed by atoms with Crippen LogP contribution in [0.25, 0.3) is 0 Å². The van der Waals surface area contributed by atoms with Crippen LogP contribution in [-0.2, 0) is 4.79 Å². The summed E-state index contributed by atoms with van der Waals surface area (Å²) >= 11 is 1.37. The Balaban J connectivity index is 1.67. The number of aromatic nitrogens is 3. The highest BCUT2D eigenvalue weighted by atomic mass is 32.2. The van der Waals surface area contributed by atoms with Gasteiger partial charge in [-0.2, -0.15) is 0 Å². The molecule has 0 aliphatic rings. The van der Waals surface area contributed by atoms with Crippen molar-refractivity contribution in [2.75, 3.05) is 26.0 Å². The van der Waals surface area contributed by atoms with E-state index in [9.17, 15) is 4.79 Å². The highest BCUT2D eigenvalue weighted by Crippen LogP contribution is 2.19. The molecule has 0 fully saturated rings. The highest BCUT2D eigenvalue weighted by molar-refractivity contribution is 7.99. The van der Waals surface area contributed by atoms with Gasteiger partial charge in [-0.25, -0.2) is 0 Å². The van der Waals surface area contributed by atoms with Gasteiger partial charge in [-0.1, -0.05) is 17.8 Å². The molecule has 0 spiro atoms. The third-order valence-electron chi connectivity index (χ3n) is 3.16. The molecule has 8 heteroatoms. The maximum atomic E-state index is 11.9. The fraction of sp³-hybridized carbons (Fsp3) is 0.438. The monoisotopic (exact) mass is 350 g/mol. The summed E-state index contributed by atoms with van der Waals surface area (Å²) in [6.45, 7) is 4.92. The molecular formula is C16H22N4O3S. The number of nitrogens with one attached hydrogen (secondary N) is 1. The smallest absolute Gasteiger partial charge is 0.230 e. The van der Waals surface area contributed by atoms with Crippen LogP contribution < -0.4 is 14.8 Å². The van der Waals surface area contributed by atoms with Crippen molar-refractivity contribution in [2.24, 2.45) is 0 Å². The number of hydrogen-bond acceptors (Lipinski definition) is 6. The van der Waals surface area contributed by atoms with Gasteiger partial charge in [0.2, 0.25) is 5.91 Å². The molecule has 0 saturated heterocycles. The van der Waals surface area contributed by atoms with Crippen molar-refractivity contribution in [3.63, 3.8) is 0 Å². The van der Waals surface area contributed by atoms with Crippen molar-refractivity contribution in [3.05, 3.63) is 30.6 Å². The van der Waals surface area contributed by atoms with Crippen molar-refractivity contribution < 1.29 is 14.3 Å². The van der Waals surface area contributed by atoms with Crippen molar-refractivity contribution in [3.8, 4) is 11.5 Å². The van der Waals surface area contributed by atoms with Gasteiger partial charge in [0.15, 0.2) is 5.16 Å². The van der Waals surface area contributed by atoms with E-state index in [2.05, 4.69) is 15.5 Å². The van der Waals surface area contributed by atoms with Crippen LogP contribution in [0.2, 0.25) is 0 Å². The van der Waals surface area contributed by atoms with Crippen LogP contribution in [0.15, 0.2) is 35.7 Å². The van der Waals surface area contributed by atoms with Crippen LogP contribution in [-0.4, -0.2) is 46.7 Å². The van der Waals surface area contributed by atoms with Crippen LogP contribution in [0.1, 0.15) is 19.9 Å². The number of carbonyl (C=O) groups excluding carboxylic acids is 1. The minimum Gasteiger partial charge on any atom is -0.497 e. The first-order valence-electron chi connectivity index (χ1n) is 7.66. The molecule has 130 valence electrons. The second kappa shape index (κ2) is 9.17. The third-order valence-corrected chi connectivity index (χ3v) is 4.12. The Labute approximate surface area is 145 Å². The molecule has 1 N–H and O–H groups in total. The number of thioether (sulfide) groups is 1. The number of benzene rings is 1. The second-order valence-electron chi connectivity index (χ2n) is 5.28. The maximum Gasteiger partial charge on any atom is 0.230 e. The van der Waals surface area contributed by atoms with Gasteiger partial charge in [0.1, 0.15) is 24.4 Å². The summed E-state index contributed by atoms with van der Waals surface area (Å²) in [6.07, 6.45) is 1.67. The van der Waals surface area contributed by atoms with Gasteiger partial charge >= 0.3 is 0 Å². The predicted octanol–water partition coefficient (Wildman–Crippen LogP) is 2.15. The van der Waals surface area contributed by atoms with Gasteiger partial charge in [0.25, 0.3) is 0 Å². The molecule has 2 aromatic rings. The number of carbonyl (C=O) groups is 1. The van der Waals surface area contributed by atoms with E-state index in [0.717, 1.165) is 10.9 Å². The van der Waals surface area contributed by atoms with Crippen molar-refractivity contribution >= 4 is 17.7 Å². The van der Waals surface area contributed by atoms with Gasteiger partial charge in [-0.05, 0) is 26.0 Å². The largest absolute Gasteiger partial charge is 0.497 e. The third kappa shape index (κ3) is 5.45. The SMILES string of the molecule is COc1cccc(OCCNC(=O)CSc2nncn2C(C)C)c1. The van der Waals surface area contributed by atoms with Crippen molar-refractivity contribution in [2.45, 2.75) is 25.0 Å². The summed E-state index contributed by atoms with van der Waals surface area (Å²) in [7, 11) is 1.61. The number of rotatable bonds is 9. The van der Waals surface area contributed by atoms with Crippen LogP contribution in [0, 0.1) is 0 Å². The molecule has 0 unspecified atom stereocenters. The van der Waals surface area contributed by atoms with Crippen LogP contribution in [0.3, 0.4) is 0 Å². The van der Waals surface area contributed by atoms with Gasteiger partial charge in [0, 0.05) is 12.1 Å². The Morgan fingerprint density at radius 3 is 2.92 bits per heavy atom. The first kappa shape index (κ1) is 18.1. The fourth-order valence-electron chi connectivity index (χ4n) is 1.92. The lowest BCUT2D eigenvalue weighted by Gasteiger charge is -2.10. The van der Waals surface area contributed by atoms with Crippen LogP contribution >= 0.6 is 11.8 Å². The lowest BCUT2D eigenvalue weighted by molar-refractivity contribution is -0.118. The normalized spacial score (nSPS) is 10.7. The molecule has 24 heavy (non-hydrogen) atoms. The average Bonchev–Trinajstić information content (AvgIpc) is 3.06. The Morgan fingerprint density at radius 2 is 2.17 bits per heavy atom. The molecule has 1 aromatic carbocycles. The Kier molecular flexibility index (Phi) is 6.92. The molecule has 0 aliphatic heterocycles. The molecule has 2 rings (SSSR count). The minimum absolute atomic E-state index is 0.0625. The van der Waals surface area contributed by atoms with E-state index in [0.29, 0.717) is 24.7 Å². The first-order chi connectivity index (χ1) is 11.6. The Bertz CT molecular complexity index is 660. The topological polar surface area (TPSA) is 78.3 Å². The summed E-state index contributed by atoms with van der Waals surface area (Å²) in [6, 6.07) is 7.62.